The molecule has 0 atom stereocenters. The second-order valence-electron chi connectivity index (χ2n) is 5.69. The molecule has 0 aliphatic carbocycles. The number of hydrogen-bond acceptors (Lipinski definition) is 6. The number of methoxy groups -OCH3 is 2. The summed E-state index contributed by atoms with van der Waals surface area (Å²) in [4.78, 5) is 29.8. The number of nitrogens with one attached hydrogen (secondary N) is 2. The number of carbonyl (C=O) groups excluding carboxylic acids is 2. The van der Waals surface area contributed by atoms with E-state index in [9.17, 15) is 9.59 Å². The standard InChI is InChI=1S/C17H21N3O4S/c1-23-12-5-3-4-11-14(12)15(16(18-11)17(22)24-2)19-13(21)10-20-6-8-25-9-7-20/h3-5,18H,6-10H2,1-2H3,(H,19,21). The van der Waals surface area contributed by atoms with Gasteiger partial charge in [-0.3, -0.25) is 9.69 Å². The van der Waals surface area contributed by atoms with Crippen molar-refractivity contribution in [3.05, 3.63) is 23.9 Å². The summed E-state index contributed by atoms with van der Waals surface area (Å²) in [7, 11) is 2.86. The van der Waals surface area contributed by atoms with Gasteiger partial charge in [0.15, 0.2) is 0 Å². The van der Waals surface area contributed by atoms with Crippen molar-refractivity contribution in [3.8, 4) is 5.75 Å². The normalized spacial score (nSPS) is 15.1. The molecule has 3 rings (SSSR count). The Kier molecular flexibility index (Phi) is 5.50. The lowest BCUT2D eigenvalue weighted by Crippen LogP contribution is -2.38. The molecule has 25 heavy (non-hydrogen) atoms. The lowest BCUT2D eigenvalue weighted by Gasteiger charge is -2.25. The van der Waals surface area contributed by atoms with Crippen LogP contribution in [0.15, 0.2) is 18.2 Å². The highest BCUT2D eigenvalue weighted by molar-refractivity contribution is 7.99. The van der Waals surface area contributed by atoms with Crippen molar-refractivity contribution in [2.75, 3.05) is 50.7 Å². The van der Waals surface area contributed by atoms with Crippen molar-refractivity contribution < 1.29 is 19.1 Å². The third kappa shape index (κ3) is 3.74. The topological polar surface area (TPSA) is 83.7 Å². The van der Waals surface area contributed by atoms with Gasteiger partial charge in [0, 0.05) is 24.6 Å². The van der Waals surface area contributed by atoms with Gasteiger partial charge in [0.25, 0.3) is 0 Å². The van der Waals surface area contributed by atoms with Crippen LogP contribution in [0.2, 0.25) is 0 Å². The van der Waals surface area contributed by atoms with Gasteiger partial charge in [-0.05, 0) is 12.1 Å². The summed E-state index contributed by atoms with van der Waals surface area (Å²) in [6, 6.07) is 5.42. The minimum atomic E-state index is -0.539. The molecular formula is C17H21N3O4S. The summed E-state index contributed by atoms with van der Waals surface area (Å²) in [5, 5.41) is 3.53. The Labute approximate surface area is 150 Å². The van der Waals surface area contributed by atoms with E-state index in [1.807, 2.05) is 23.9 Å². The Bertz CT molecular complexity index is 784. The van der Waals surface area contributed by atoms with Crippen molar-refractivity contribution in [1.29, 1.82) is 0 Å². The molecule has 0 spiro atoms. The predicted molar refractivity (Wildman–Crippen MR) is 98.6 cm³/mol. The van der Waals surface area contributed by atoms with Crippen molar-refractivity contribution >= 4 is 40.2 Å². The molecule has 0 saturated carbocycles. The van der Waals surface area contributed by atoms with E-state index in [1.165, 1.54) is 7.11 Å². The van der Waals surface area contributed by atoms with Gasteiger partial charge < -0.3 is 19.8 Å². The zero-order valence-electron chi connectivity index (χ0n) is 14.3. The van der Waals surface area contributed by atoms with E-state index in [4.69, 9.17) is 9.47 Å². The SMILES string of the molecule is COC(=O)c1[nH]c2cccc(OC)c2c1NC(=O)CN1CCSCC1. The second kappa shape index (κ2) is 7.79. The third-order valence-electron chi connectivity index (χ3n) is 4.13. The van der Waals surface area contributed by atoms with Gasteiger partial charge >= 0.3 is 5.97 Å². The zero-order valence-corrected chi connectivity index (χ0v) is 15.1. The van der Waals surface area contributed by atoms with Crippen molar-refractivity contribution in [2.24, 2.45) is 0 Å². The molecule has 0 radical (unpaired) electrons. The molecule has 0 bridgehead atoms. The number of rotatable bonds is 5. The first-order valence-corrected chi connectivity index (χ1v) is 9.16. The lowest BCUT2D eigenvalue weighted by molar-refractivity contribution is -0.117. The molecule has 2 aromatic rings. The number of fused-ring (bicyclic) bond motifs is 1. The third-order valence-corrected chi connectivity index (χ3v) is 5.07. The van der Waals surface area contributed by atoms with Crippen molar-refractivity contribution in [1.82, 2.24) is 9.88 Å². The van der Waals surface area contributed by atoms with Gasteiger partial charge in [-0.2, -0.15) is 11.8 Å². The lowest BCUT2D eigenvalue weighted by atomic mass is 10.2. The number of benzene rings is 1. The maximum Gasteiger partial charge on any atom is 0.356 e. The second-order valence-corrected chi connectivity index (χ2v) is 6.91. The van der Waals surface area contributed by atoms with Crippen LogP contribution in [0.3, 0.4) is 0 Å². The number of esters is 1. The number of aromatic amines is 1. The number of ether oxygens (including phenoxy) is 2. The average molecular weight is 363 g/mol. The highest BCUT2D eigenvalue weighted by Gasteiger charge is 2.23. The van der Waals surface area contributed by atoms with Crippen molar-refractivity contribution in [2.45, 2.75) is 0 Å². The van der Waals surface area contributed by atoms with Crippen LogP contribution in [-0.4, -0.2) is 67.1 Å². The Morgan fingerprint density at radius 1 is 1.28 bits per heavy atom. The number of H-pyrrole nitrogens is 1. The van der Waals surface area contributed by atoms with Gasteiger partial charge in [0.05, 0.1) is 37.4 Å². The van der Waals surface area contributed by atoms with Crippen molar-refractivity contribution in [3.63, 3.8) is 0 Å². The summed E-state index contributed by atoms with van der Waals surface area (Å²) in [5.41, 5.74) is 1.31. The minimum absolute atomic E-state index is 0.163. The van der Waals surface area contributed by atoms with Gasteiger partial charge in [0.1, 0.15) is 11.4 Å². The molecule has 8 heteroatoms. The number of nitrogens with zero attached hydrogens (tertiary/aromatic N) is 1. The fourth-order valence-corrected chi connectivity index (χ4v) is 3.89. The average Bonchev–Trinajstić information content (AvgIpc) is 3.00. The molecule has 1 saturated heterocycles. The van der Waals surface area contributed by atoms with Gasteiger partial charge in [0.2, 0.25) is 5.91 Å². The molecule has 7 nitrogen and oxygen atoms in total. The summed E-state index contributed by atoms with van der Waals surface area (Å²) >= 11 is 1.89. The fraction of sp³-hybridized carbons (Fsp3) is 0.412. The molecule has 1 aliphatic rings. The monoisotopic (exact) mass is 363 g/mol. The summed E-state index contributed by atoms with van der Waals surface area (Å²) in [5.74, 6) is 1.93. The van der Waals surface area contributed by atoms with Gasteiger partial charge in [-0.1, -0.05) is 6.07 Å². The maximum absolute atomic E-state index is 12.5. The molecule has 1 aliphatic heterocycles. The smallest absolute Gasteiger partial charge is 0.356 e. The van der Waals surface area contributed by atoms with Crippen LogP contribution in [0.25, 0.3) is 10.9 Å². The van der Waals surface area contributed by atoms with Crippen LogP contribution in [-0.2, 0) is 9.53 Å². The summed E-state index contributed by atoms with van der Waals surface area (Å²) in [6.07, 6.45) is 0. The predicted octanol–water partition coefficient (Wildman–Crippen LogP) is 1.95. The van der Waals surface area contributed by atoms with Crippen LogP contribution in [0, 0.1) is 0 Å². The van der Waals surface area contributed by atoms with E-state index < -0.39 is 5.97 Å². The quantitative estimate of drug-likeness (QED) is 0.790. The molecule has 134 valence electrons. The number of aromatic nitrogens is 1. The number of carbonyl (C=O) groups is 2. The Morgan fingerprint density at radius 2 is 2.04 bits per heavy atom. The maximum atomic E-state index is 12.5. The molecule has 1 aromatic carbocycles. The van der Waals surface area contributed by atoms with E-state index in [0.29, 0.717) is 28.9 Å². The summed E-state index contributed by atoms with van der Waals surface area (Å²) in [6.45, 7) is 2.07. The molecule has 2 heterocycles. The highest BCUT2D eigenvalue weighted by atomic mass is 32.2. The number of thioether (sulfide) groups is 1. The first-order chi connectivity index (χ1) is 12.1. The van der Waals surface area contributed by atoms with Crippen LogP contribution in [0.4, 0.5) is 5.69 Å². The number of hydrogen-bond donors (Lipinski definition) is 2. The number of anilines is 1. The number of amides is 1. The Balaban J connectivity index is 1.92. The molecule has 1 amide bonds. The van der Waals surface area contributed by atoms with E-state index in [2.05, 4.69) is 15.2 Å². The first kappa shape index (κ1) is 17.6. The molecule has 0 unspecified atom stereocenters. The van der Waals surface area contributed by atoms with Gasteiger partial charge in [-0.15, -0.1) is 0 Å². The molecular weight excluding hydrogens is 342 g/mol. The largest absolute Gasteiger partial charge is 0.496 e. The van der Waals surface area contributed by atoms with Crippen LogP contribution < -0.4 is 10.1 Å². The molecule has 1 fully saturated rings. The van der Waals surface area contributed by atoms with E-state index in [-0.39, 0.29) is 11.6 Å². The summed E-state index contributed by atoms with van der Waals surface area (Å²) < 4.78 is 10.2. The first-order valence-electron chi connectivity index (χ1n) is 8.01. The molecule has 1 aromatic heterocycles. The minimum Gasteiger partial charge on any atom is -0.496 e. The van der Waals surface area contributed by atoms with Crippen LogP contribution in [0.5, 0.6) is 5.75 Å². The Hall–Kier alpha value is -2.19. The van der Waals surface area contributed by atoms with E-state index >= 15 is 0 Å². The van der Waals surface area contributed by atoms with E-state index in [0.717, 1.165) is 24.6 Å². The zero-order chi connectivity index (χ0) is 17.8. The Morgan fingerprint density at radius 3 is 2.72 bits per heavy atom. The fourth-order valence-electron chi connectivity index (χ4n) is 2.91. The van der Waals surface area contributed by atoms with Crippen LogP contribution in [0.1, 0.15) is 10.5 Å². The van der Waals surface area contributed by atoms with Crippen LogP contribution >= 0.6 is 11.8 Å². The van der Waals surface area contributed by atoms with Gasteiger partial charge in [-0.25, -0.2) is 4.79 Å². The molecule has 2 N–H and O–H groups in total. The highest BCUT2D eigenvalue weighted by Crippen LogP contribution is 2.35. The van der Waals surface area contributed by atoms with E-state index in [1.54, 1.807) is 13.2 Å².